The van der Waals surface area contributed by atoms with Crippen LogP contribution < -0.4 is 4.90 Å². The van der Waals surface area contributed by atoms with E-state index in [1.54, 1.807) is 18.3 Å². The van der Waals surface area contributed by atoms with Gasteiger partial charge in [-0.15, -0.1) is 0 Å². The molecule has 1 saturated heterocycles. The van der Waals surface area contributed by atoms with Gasteiger partial charge in [-0.1, -0.05) is 0 Å². The Bertz CT molecular complexity index is 409. The predicted molar refractivity (Wildman–Crippen MR) is 56.4 cm³/mol. The van der Waals surface area contributed by atoms with Crippen molar-refractivity contribution < 1.29 is 5.11 Å². The first-order valence-electron chi connectivity index (χ1n) is 4.94. The summed E-state index contributed by atoms with van der Waals surface area (Å²) in [5.41, 5.74) is -0.0313. The number of aliphatic hydroxyl groups is 1. The molecule has 0 bridgehead atoms. The van der Waals surface area contributed by atoms with Crippen LogP contribution in [0.2, 0.25) is 0 Å². The second-order valence-corrected chi connectivity index (χ2v) is 4.18. The van der Waals surface area contributed by atoms with E-state index in [4.69, 9.17) is 5.26 Å². The SMILES string of the molecule is CC1(O)CCN(c2cc(C#N)ccn2)C1. The van der Waals surface area contributed by atoms with Gasteiger partial charge in [0.15, 0.2) is 0 Å². The molecule has 1 aliphatic heterocycles. The molecule has 0 aromatic carbocycles. The van der Waals surface area contributed by atoms with Crippen LogP contribution in [0.4, 0.5) is 5.82 Å². The van der Waals surface area contributed by atoms with E-state index in [1.165, 1.54) is 0 Å². The average Bonchev–Trinajstić information content (AvgIpc) is 2.59. The van der Waals surface area contributed by atoms with Crippen molar-refractivity contribution in [2.24, 2.45) is 0 Å². The van der Waals surface area contributed by atoms with E-state index in [0.717, 1.165) is 18.8 Å². The fraction of sp³-hybridized carbons (Fsp3) is 0.455. The number of β-amino-alcohol motifs (C(OH)–C–C–N with tert-alkyl or cyclic N) is 1. The summed E-state index contributed by atoms with van der Waals surface area (Å²) in [5.74, 6) is 0.770. The van der Waals surface area contributed by atoms with Crippen LogP contribution >= 0.6 is 0 Å². The van der Waals surface area contributed by atoms with E-state index >= 15 is 0 Å². The van der Waals surface area contributed by atoms with Gasteiger partial charge in [0.1, 0.15) is 5.82 Å². The zero-order valence-corrected chi connectivity index (χ0v) is 8.64. The minimum Gasteiger partial charge on any atom is -0.388 e. The number of nitriles is 1. The highest BCUT2D eigenvalue weighted by Gasteiger charge is 2.31. The van der Waals surface area contributed by atoms with Gasteiger partial charge in [0, 0.05) is 19.3 Å². The first kappa shape index (κ1) is 9.94. The molecule has 1 atom stereocenters. The highest BCUT2D eigenvalue weighted by atomic mass is 16.3. The van der Waals surface area contributed by atoms with Gasteiger partial charge in [-0.05, 0) is 25.5 Å². The summed E-state index contributed by atoms with van der Waals surface area (Å²) in [6.07, 6.45) is 2.37. The number of pyridine rings is 1. The molecule has 4 nitrogen and oxygen atoms in total. The van der Waals surface area contributed by atoms with Gasteiger partial charge >= 0.3 is 0 Å². The fourth-order valence-corrected chi connectivity index (χ4v) is 1.80. The van der Waals surface area contributed by atoms with Crippen LogP contribution in [0.15, 0.2) is 18.3 Å². The van der Waals surface area contributed by atoms with Gasteiger partial charge in [0.05, 0.1) is 17.2 Å². The van der Waals surface area contributed by atoms with Crippen LogP contribution in [0.3, 0.4) is 0 Å². The molecule has 78 valence electrons. The highest BCUT2D eigenvalue weighted by Crippen LogP contribution is 2.24. The van der Waals surface area contributed by atoms with Crippen LogP contribution in [0, 0.1) is 11.3 Å². The lowest BCUT2D eigenvalue weighted by Crippen LogP contribution is -2.29. The molecule has 2 rings (SSSR count). The van der Waals surface area contributed by atoms with E-state index in [1.807, 2.05) is 11.8 Å². The summed E-state index contributed by atoms with van der Waals surface area (Å²) < 4.78 is 0. The van der Waals surface area contributed by atoms with Crippen LogP contribution in [-0.2, 0) is 0 Å². The number of aromatic nitrogens is 1. The van der Waals surface area contributed by atoms with Crippen molar-refractivity contribution >= 4 is 5.82 Å². The molecule has 0 saturated carbocycles. The lowest BCUT2D eigenvalue weighted by atomic mass is 10.1. The van der Waals surface area contributed by atoms with Gasteiger partial charge in [0.2, 0.25) is 0 Å². The van der Waals surface area contributed by atoms with E-state index in [0.29, 0.717) is 12.1 Å². The van der Waals surface area contributed by atoms with Crippen molar-refractivity contribution in [2.45, 2.75) is 18.9 Å². The smallest absolute Gasteiger partial charge is 0.129 e. The molecular weight excluding hydrogens is 190 g/mol. The Morgan fingerprint density at radius 2 is 2.47 bits per heavy atom. The lowest BCUT2D eigenvalue weighted by molar-refractivity contribution is 0.0839. The van der Waals surface area contributed by atoms with Crippen molar-refractivity contribution in [2.75, 3.05) is 18.0 Å². The molecule has 1 aromatic heterocycles. The van der Waals surface area contributed by atoms with Gasteiger partial charge in [0.25, 0.3) is 0 Å². The highest BCUT2D eigenvalue weighted by molar-refractivity contribution is 5.46. The molecule has 2 heterocycles. The summed E-state index contributed by atoms with van der Waals surface area (Å²) in [6, 6.07) is 5.51. The average molecular weight is 203 g/mol. The van der Waals surface area contributed by atoms with E-state index in [-0.39, 0.29) is 0 Å². The molecule has 0 amide bonds. The third-order valence-electron chi connectivity index (χ3n) is 2.65. The summed E-state index contributed by atoms with van der Waals surface area (Å²) >= 11 is 0. The first-order chi connectivity index (χ1) is 7.11. The van der Waals surface area contributed by atoms with E-state index in [9.17, 15) is 5.11 Å². The van der Waals surface area contributed by atoms with Crippen molar-refractivity contribution in [3.63, 3.8) is 0 Å². The van der Waals surface area contributed by atoms with Crippen LogP contribution in [-0.4, -0.2) is 28.8 Å². The number of rotatable bonds is 1. The van der Waals surface area contributed by atoms with Gasteiger partial charge < -0.3 is 10.0 Å². The molecule has 1 aromatic rings. The van der Waals surface area contributed by atoms with Gasteiger partial charge in [-0.3, -0.25) is 0 Å². The number of nitrogens with zero attached hydrogens (tertiary/aromatic N) is 3. The Hall–Kier alpha value is -1.60. The molecule has 1 aliphatic rings. The van der Waals surface area contributed by atoms with Crippen molar-refractivity contribution in [3.8, 4) is 6.07 Å². The molecule has 1 fully saturated rings. The lowest BCUT2D eigenvalue weighted by Gasteiger charge is -2.19. The monoisotopic (exact) mass is 203 g/mol. The zero-order chi connectivity index (χ0) is 10.9. The van der Waals surface area contributed by atoms with Gasteiger partial charge in [-0.2, -0.15) is 5.26 Å². The fourth-order valence-electron chi connectivity index (χ4n) is 1.80. The largest absolute Gasteiger partial charge is 0.388 e. The standard InChI is InChI=1S/C11H13N3O/c1-11(15)3-5-14(8-11)10-6-9(7-12)2-4-13-10/h2,4,6,15H,3,5,8H2,1H3. The molecule has 1 N–H and O–H groups in total. The summed E-state index contributed by atoms with van der Waals surface area (Å²) in [4.78, 5) is 6.20. The minimum atomic E-state index is -0.635. The number of anilines is 1. The normalized spacial score (nSPS) is 25.3. The third-order valence-corrected chi connectivity index (χ3v) is 2.65. The second kappa shape index (κ2) is 3.52. The minimum absolute atomic E-state index is 0.578. The maximum atomic E-state index is 9.82. The number of hydrogen-bond donors (Lipinski definition) is 1. The third kappa shape index (κ3) is 2.08. The maximum Gasteiger partial charge on any atom is 0.129 e. The first-order valence-corrected chi connectivity index (χ1v) is 4.94. The Balaban J connectivity index is 2.21. The Kier molecular flexibility index (Phi) is 2.33. The van der Waals surface area contributed by atoms with E-state index in [2.05, 4.69) is 11.1 Å². The zero-order valence-electron chi connectivity index (χ0n) is 8.64. The molecule has 0 radical (unpaired) electrons. The summed E-state index contributed by atoms with van der Waals surface area (Å²) in [5, 5.41) is 18.6. The molecular formula is C11H13N3O. The van der Waals surface area contributed by atoms with Crippen molar-refractivity contribution in [1.82, 2.24) is 4.98 Å². The van der Waals surface area contributed by atoms with Crippen LogP contribution in [0.25, 0.3) is 0 Å². The quantitative estimate of drug-likeness (QED) is 0.737. The molecule has 0 spiro atoms. The summed E-state index contributed by atoms with van der Waals surface area (Å²) in [7, 11) is 0. The van der Waals surface area contributed by atoms with Gasteiger partial charge in [-0.25, -0.2) is 4.98 Å². The topological polar surface area (TPSA) is 60.1 Å². The maximum absolute atomic E-state index is 9.82. The van der Waals surface area contributed by atoms with Crippen LogP contribution in [0.1, 0.15) is 18.9 Å². The summed E-state index contributed by atoms with van der Waals surface area (Å²) in [6.45, 7) is 3.19. The Morgan fingerprint density at radius 3 is 3.07 bits per heavy atom. The second-order valence-electron chi connectivity index (χ2n) is 4.18. The van der Waals surface area contributed by atoms with Crippen molar-refractivity contribution in [1.29, 1.82) is 5.26 Å². The van der Waals surface area contributed by atoms with Crippen LogP contribution in [0.5, 0.6) is 0 Å². The molecule has 15 heavy (non-hydrogen) atoms. The van der Waals surface area contributed by atoms with E-state index < -0.39 is 5.60 Å². The Morgan fingerprint density at radius 1 is 1.67 bits per heavy atom. The predicted octanol–water partition coefficient (Wildman–Crippen LogP) is 0.914. The Labute approximate surface area is 88.8 Å². The molecule has 4 heteroatoms. The number of hydrogen-bond acceptors (Lipinski definition) is 4. The van der Waals surface area contributed by atoms with Crippen molar-refractivity contribution in [3.05, 3.63) is 23.9 Å². The molecule has 0 aliphatic carbocycles. The molecule has 1 unspecified atom stereocenters.